The van der Waals surface area contributed by atoms with Gasteiger partial charge in [0, 0.05) is 12.5 Å². The second-order valence-electron chi connectivity index (χ2n) is 5.11. The van der Waals surface area contributed by atoms with E-state index in [2.05, 4.69) is 4.74 Å². The molecule has 0 bridgehead atoms. The molecule has 0 aliphatic heterocycles. The number of rotatable bonds is 8. The molecule has 1 rings (SSSR count). The van der Waals surface area contributed by atoms with E-state index in [1.807, 2.05) is 32.0 Å². The summed E-state index contributed by atoms with van der Waals surface area (Å²) < 4.78 is 45.9. The zero-order valence-corrected chi connectivity index (χ0v) is 12.4. The van der Waals surface area contributed by atoms with Crippen molar-refractivity contribution < 1.29 is 22.6 Å². The number of ether oxygens (including phenoxy) is 2. The molecule has 1 unspecified atom stereocenters. The fourth-order valence-corrected chi connectivity index (χ4v) is 1.95. The van der Waals surface area contributed by atoms with Crippen molar-refractivity contribution >= 4 is 0 Å². The summed E-state index contributed by atoms with van der Waals surface area (Å²) in [6, 6.07) is 5.84. The molecule has 0 aliphatic rings. The van der Waals surface area contributed by atoms with Crippen molar-refractivity contribution in [3.8, 4) is 5.75 Å². The van der Waals surface area contributed by atoms with E-state index in [1.165, 1.54) is 0 Å². The third-order valence-corrected chi connectivity index (χ3v) is 2.78. The highest BCUT2D eigenvalue weighted by molar-refractivity contribution is 5.41. The molecule has 0 saturated carbocycles. The molecule has 1 atom stereocenters. The van der Waals surface area contributed by atoms with Crippen LogP contribution in [0.3, 0.4) is 0 Å². The van der Waals surface area contributed by atoms with Gasteiger partial charge in [0.1, 0.15) is 12.4 Å². The molecule has 0 amide bonds. The zero-order valence-electron chi connectivity index (χ0n) is 12.4. The summed E-state index contributed by atoms with van der Waals surface area (Å²) >= 11 is 0. The van der Waals surface area contributed by atoms with Crippen LogP contribution in [0, 0.1) is 6.92 Å². The Hall–Kier alpha value is -1.27. The minimum absolute atomic E-state index is 0.0178. The molecule has 0 fully saturated rings. The second-order valence-corrected chi connectivity index (χ2v) is 5.11. The van der Waals surface area contributed by atoms with Gasteiger partial charge in [-0.05, 0) is 31.4 Å². The van der Waals surface area contributed by atoms with Crippen molar-refractivity contribution in [3.63, 3.8) is 0 Å². The van der Waals surface area contributed by atoms with Gasteiger partial charge in [-0.15, -0.1) is 0 Å². The maximum Gasteiger partial charge on any atom is 0.411 e. The van der Waals surface area contributed by atoms with E-state index in [-0.39, 0.29) is 12.6 Å². The van der Waals surface area contributed by atoms with Crippen molar-refractivity contribution in [2.24, 2.45) is 5.73 Å². The number of nitrogens with two attached hydrogens (primary N) is 1. The Labute approximate surface area is 123 Å². The van der Waals surface area contributed by atoms with E-state index < -0.39 is 12.8 Å². The van der Waals surface area contributed by atoms with E-state index >= 15 is 0 Å². The summed E-state index contributed by atoms with van der Waals surface area (Å²) in [7, 11) is 0. The summed E-state index contributed by atoms with van der Waals surface area (Å²) in [6.45, 7) is 2.97. The van der Waals surface area contributed by atoms with Gasteiger partial charge in [-0.25, -0.2) is 0 Å². The molecule has 6 heteroatoms. The Morgan fingerprint density at radius 2 is 1.95 bits per heavy atom. The SMILES string of the molecule is Cc1cccc(CC(C)N)c1OCCCOCC(F)(F)F. The normalized spacial score (nSPS) is 13.2. The number of aryl methyl sites for hydroxylation is 1. The molecule has 21 heavy (non-hydrogen) atoms. The maximum atomic E-state index is 11.9. The largest absolute Gasteiger partial charge is 0.493 e. The van der Waals surface area contributed by atoms with Gasteiger partial charge in [0.25, 0.3) is 0 Å². The van der Waals surface area contributed by atoms with E-state index in [9.17, 15) is 13.2 Å². The smallest absolute Gasteiger partial charge is 0.411 e. The Balaban J connectivity index is 2.41. The lowest BCUT2D eigenvalue weighted by Crippen LogP contribution is -2.19. The summed E-state index contributed by atoms with van der Waals surface area (Å²) in [6.07, 6.45) is -3.18. The summed E-state index contributed by atoms with van der Waals surface area (Å²) in [4.78, 5) is 0. The molecule has 1 aromatic carbocycles. The van der Waals surface area contributed by atoms with Crippen LogP contribution in [0.1, 0.15) is 24.5 Å². The first-order valence-electron chi connectivity index (χ1n) is 6.91. The first-order chi connectivity index (χ1) is 9.79. The molecular weight excluding hydrogens is 283 g/mol. The van der Waals surface area contributed by atoms with Crippen molar-refractivity contribution in [2.75, 3.05) is 19.8 Å². The maximum absolute atomic E-state index is 11.9. The molecule has 2 N–H and O–H groups in total. The fraction of sp³-hybridized carbons (Fsp3) is 0.600. The van der Waals surface area contributed by atoms with Gasteiger partial charge < -0.3 is 15.2 Å². The average Bonchev–Trinajstić information content (AvgIpc) is 2.34. The quantitative estimate of drug-likeness (QED) is 0.750. The van der Waals surface area contributed by atoms with Gasteiger partial charge in [-0.2, -0.15) is 13.2 Å². The van der Waals surface area contributed by atoms with Crippen molar-refractivity contribution in [1.82, 2.24) is 0 Å². The minimum Gasteiger partial charge on any atom is -0.493 e. The van der Waals surface area contributed by atoms with E-state index in [0.29, 0.717) is 19.4 Å². The molecule has 1 aromatic rings. The Bertz CT molecular complexity index is 433. The first-order valence-corrected chi connectivity index (χ1v) is 6.91. The standard InChI is InChI=1S/C15H22F3NO2/c1-11-5-3-6-13(9-12(2)19)14(11)21-8-4-7-20-10-15(16,17)18/h3,5-6,12H,4,7-10,19H2,1-2H3. The first kappa shape index (κ1) is 17.8. The third kappa shape index (κ3) is 7.34. The molecule has 3 nitrogen and oxygen atoms in total. The molecule has 0 aliphatic carbocycles. The van der Waals surface area contributed by atoms with E-state index in [4.69, 9.17) is 10.5 Å². The minimum atomic E-state index is -4.28. The van der Waals surface area contributed by atoms with Crippen molar-refractivity contribution in [2.45, 2.75) is 38.9 Å². The van der Waals surface area contributed by atoms with Crippen LogP contribution in [0.5, 0.6) is 5.75 Å². The van der Waals surface area contributed by atoms with Gasteiger partial charge in [-0.3, -0.25) is 0 Å². The molecule has 0 spiro atoms. The summed E-state index contributed by atoms with van der Waals surface area (Å²) in [5.41, 5.74) is 7.80. The van der Waals surface area contributed by atoms with Crippen LogP contribution in [0.2, 0.25) is 0 Å². The second kappa shape index (κ2) is 8.24. The van der Waals surface area contributed by atoms with Crippen LogP contribution in [-0.4, -0.2) is 32.0 Å². The van der Waals surface area contributed by atoms with Crippen LogP contribution < -0.4 is 10.5 Å². The van der Waals surface area contributed by atoms with Crippen LogP contribution in [0.25, 0.3) is 0 Å². The lowest BCUT2D eigenvalue weighted by Gasteiger charge is -2.15. The monoisotopic (exact) mass is 305 g/mol. The van der Waals surface area contributed by atoms with Crippen molar-refractivity contribution in [1.29, 1.82) is 0 Å². The lowest BCUT2D eigenvalue weighted by molar-refractivity contribution is -0.174. The Kier molecular flexibility index (Phi) is 6.98. The number of hydrogen-bond acceptors (Lipinski definition) is 3. The van der Waals surface area contributed by atoms with Gasteiger partial charge in [0.15, 0.2) is 0 Å². The number of halogens is 3. The van der Waals surface area contributed by atoms with E-state index in [1.54, 1.807) is 0 Å². The fourth-order valence-electron chi connectivity index (χ4n) is 1.95. The molecule has 0 radical (unpaired) electrons. The summed E-state index contributed by atoms with van der Waals surface area (Å²) in [5, 5.41) is 0. The number of benzene rings is 1. The Morgan fingerprint density at radius 1 is 1.24 bits per heavy atom. The molecule has 0 heterocycles. The van der Waals surface area contributed by atoms with Crippen LogP contribution in [-0.2, 0) is 11.2 Å². The van der Waals surface area contributed by atoms with Gasteiger partial charge in [0.2, 0.25) is 0 Å². The zero-order chi connectivity index (χ0) is 15.9. The molecule has 120 valence electrons. The third-order valence-electron chi connectivity index (χ3n) is 2.78. The Morgan fingerprint density at radius 3 is 2.57 bits per heavy atom. The van der Waals surface area contributed by atoms with Gasteiger partial charge in [-0.1, -0.05) is 18.2 Å². The summed E-state index contributed by atoms with van der Waals surface area (Å²) in [5.74, 6) is 0.769. The predicted molar refractivity (Wildman–Crippen MR) is 75.5 cm³/mol. The van der Waals surface area contributed by atoms with E-state index in [0.717, 1.165) is 16.9 Å². The number of hydrogen-bond donors (Lipinski definition) is 1. The molecule has 0 aromatic heterocycles. The highest BCUT2D eigenvalue weighted by Crippen LogP contribution is 2.24. The highest BCUT2D eigenvalue weighted by atomic mass is 19.4. The van der Waals surface area contributed by atoms with Crippen LogP contribution in [0.15, 0.2) is 18.2 Å². The number of para-hydroxylation sites is 1. The van der Waals surface area contributed by atoms with Crippen molar-refractivity contribution in [3.05, 3.63) is 29.3 Å². The van der Waals surface area contributed by atoms with Gasteiger partial charge in [0.05, 0.1) is 13.2 Å². The van der Waals surface area contributed by atoms with Crippen LogP contribution in [0.4, 0.5) is 13.2 Å². The number of alkyl halides is 3. The highest BCUT2D eigenvalue weighted by Gasteiger charge is 2.27. The average molecular weight is 305 g/mol. The predicted octanol–water partition coefficient (Wildman–Crippen LogP) is 3.23. The topological polar surface area (TPSA) is 44.5 Å². The van der Waals surface area contributed by atoms with Gasteiger partial charge >= 0.3 is 6.18 Å². The van der Waals surface area contributed by atoms with Crippen LogP contribution >= 0.6 is 0 Å². The molecule has 0 saturated heterocycles. The lowest BCUT2D eigenvalue weighted by atomic mass is 10.0. The molecular formula is C15H22F3NO2.